The smallest absolute Gasteiger partial charge is 0.230 e. The first-order valence-corrected chi connectivity index (χ1v) is 10.7. The lowest BCUT2D eigenvalue weighted by Crippen LogP contribution is -2.26. The standard InChI is InChI=1S/C21H23ClN4O3S/c1-28-13-5-12-23-19(27)14-30-21-25-24-20(17-6-3-4-7-18(17)29-2)26(21)16-10-8-15(22)9-11-16/h3-4,6-11H,5,12-14H2,1-2H3,(H,23,27). The van der Waals surface area contributed by atoms with E-state index in [2.05, 4.69) is 15.5 Å². The monoisotopic (exact) mass is 446 g/mol. The Hall–Kier alpha value is -2.55. The third kappa shape index (κ3) is 5.53. The first kappa shape index (κ1) is 22.1. The number of para-hydroxylation sites is 1. The average molecular weight is 447 g/mol. The summed E-state index contributed by atoms with van der Waals surface area (Å²) in [6.45, 7) is 1.18. The summed E-state index contributed by atoms with van der Waals surface area (Å²) in [7, 11) is 3.26. The molecule has 1 amide bonds. The van der Waals surface area contributed by atoms with Gasteiger partial charge >= 0.3 is 0 Å². The van der Waals surface area contributed by atoms with Gasteiger partial charge in [0.15, 0.2) is 11.0 Å². The van der Waals surface area contributed by atoms with E-state index in [1.807, 2.05) is 41.0 Å². The Morgan fingerprint density at radius 1 is 1.13 bits per heavy atom. The molecular formula is C21H23ClN4O3S. The highest BCUT2D eigenvalue weighted by Gasteiger charge is 2.19. The van der Waals surface area contributed by atoms with Crippen LogP contribution in [0.5, 0.6) is 5.75 Å². The second-order valence-corrected chi connectivity index (χ2v) is 7.68. The van der Waals surface area contributed by atoms with Crippen LogP contribution in [0.15, 0.2) is 53.7 Å². The van der Waals surface area contributed by atoms with Crippen LogP contribution < -0.4 is 10.1 Å². The molecule has 0 aliphatic rings. The molecule has 0 radical (unpaired) electrons. The number of thioether (sulfide) groups is 1. The predicted octanol–water partition coefficient (Wildman–Crippen LogP) is 3.84. The fraction of sp³-hybridized carbons (Fsp3) is 0.286. The van der Waals surface area contributed by atoms with E-state index in [0.29, 0.717) is 34.9 Å². The lowest BCUT2D eigenvalue weighted by molar-refractivity contribution is -0.118. The molecule has 1 N–H and O–H groups in total. The zero-order valence-corrected chi connectivity index (χ0v) is 18.4. The molecule has 0 saturated carbocycles. The van der Waals surface area contributed by atoms with E-state index in [0.717, 1.165) is 17.7 Å². The summed E-state index contributed by atoms with van der Waals surface area (Å²) in [5, 5.41) is 12.8. The number of methoxy groups -OCH3 is 2. The van der Waals surface area contributed by atoms with Crippen molar-refractivity contribution in [2.45, 2.75) is 11.6 Å². The minimum atomic E-state index is -0.0689. The topological polar surface area (TPSA) is 78.3 Å². The number of hydrogen-bond donors (Lipinski definition) is 1. The van der Waals surface area contributed by atoms with Gasteiger partial charge in [-0.25, -0.2) is 0 Å². The highest BCUT2D eigenvalue weighted by atomic mass is 35.5. The number of hydrogen-bond acceptors (Lipinski definition) is 6. The molecule has 0 aliphatic carbocycles. The molecule has 3 aromatic rings. The molecule has 158 valence electrons. The van der Waals surface area contributed by atoms with Gasteiger partial charge in [-0.2, -0.15) is 0 Å². The molecule has 1 aromatic heterocycles. The van der Waals surface area contributed by atoms with Crippen molar-refractivity contribution < 1.29 is 14.3 Å². The Morgan fingerprint density at radius 3 is 2.63 bits per heavy atom. The van der Waals surface area contributed by atoms with Crippen LogP contribution in [0.2, 0.25) is 5.02 Å². The van der Waals surface area contributed by atoms with E-state index >= 15 is 0 Å². The molecule has 0 fully saturated rings. The van der Waals surface area contributed by atoms with Gasteiger partial charge < -0.3 is 14.8 Å². The van der Waals surface area contributed by atoms with Gasteiger partial charge in [0.1, 0.15) is 5.75 Å². The Balaban J connectivity index is 1.87. The lowest BCUT2D eigenvalue weighted by atomic mass is 10.2. The Kier molecular flexibility index (Phi) is 8.12. The van der Waals surface area contributed by atoms with Gasteiger partial charge in [0.2, 0.25) is 5.91 Å². The van der Waals surface area contributed by atoms with Crippen LogP contribution in [0.25, 0.3) is 17.1 Å². The van der Waals surface area contributed by atoms with Gasteiger partial charge in [0, 0.05) is 31.0 Å². The molecule has 2 aromatic carbocycles. The first-order chi connectivity index (χ1) is 14.6. The number of nitrogens with zero attached hydrogens (tertiary/aromatic N) is 3. The van der Waals surface area contributed by atoms with Crippen LogP contribution in [-0.2, 0) is 9.53 Å². The third-order valence-corrected chi connectivity index (χ3v) is 5.43. The molecule has 0 unspecified atom stereocenters. The van der Waals surface area contributed by atoms with Crippen LogP contribution >= 0.6 is 23.4 Å². The number of benzene rings is 2. The lowest BCUT2D eigenvalue weighted by Gasteiger charge is -2.12. The second-order valence-electron chi connectivity index (χ2n) is 6.30. The van der Waals surface area contributed by atoms with E-state index in [-0.39, 0.29) is 11.7 Å². The summed E-state index contributed by atoms with van der Waals surface area (Å²) in [4.78, 5) is 12.2. The summed E-state index contributed by atoms with van der Waals surface area (Å²) in [6.07, 6.45) is 0.770. The Labute approximate surface area is 184 Å². The van der Waals surface area contributed by atoms with Crippen molar-refractivity contribution in [3.05, 3.63) is 53.6 Å². The summed E-state index contributed by atoms with van der Waals surface area (Å²) in [5.74, 6) is 1.47. The highest BCUT2D eigenvalue weighted by molar-refractivity contribution is 7.99. The number of nitrogens with one attached hydrogen (secondary N) is 1. The molecule has 0 spiro atoms. The van der Waals surface area contributed by atoms with Crippen molar-refractivity contribution >= 4 is 29.3 Å². The van der Waals surface area contributed by atoms with Crippen LogP contribution in [0.4, 0.5) is 0 Å². The number of rotatable bonds is 10. The molecule has 1 heterocycles. The van der Waals surface area contributed by atoms with Gasteiger partial charge in [-0.1, -0.05) is 35.5 Å². The molecule has 0 saturated heterocycles. The molecule has 0 aliphatic heterocycles. The third-order valence-electron chi connectivity index (χ3n) is 4.25. The zero-order valence-electron chi connectivity index (χ0n) is 16.8. The maximum absolute atomic E-state index is 12.2. The molecule has 0 bridgehead atoms. The highest BCUT2D eigenvalue weighted by Crippen LogP contribution is 2.33. The van der Waals surface area contributed by atoms with Crippen molar-refractivity contribution in [2.24, 2.45) is 0 Å². The largest absolute Gasteiger partial charge is 0.496 e. The molecule has 9 heteroatoms. The number of halogens is 1. The van der Waals surface area contributed by atoms with Crippen molar-refractivity contribution in [3.63, 3.8) is 0 Å². The van der Waals surface area contributed by atoms with Crippen molar-refractivity contribution in [1.29, 1.82) is 0 Å². The van der Waals surface area contributed by atoms with Crippen molar-refractivity contribution in [1.82, 2.24) is 20.1 Å². The van der Waals surface area contributed by atoms with E-state index < -0.39 is 0 Å². The van der Waals surface area contributed by atoms with Crippen LogP contribution in [0.3, 0.4) is 0 Å². The van der Waals surface area contributed by atoms with Crippen molar-refractivity contribution in [3.8, 4) is 22.8 Å². The summed E-state index contributed by atoms with van der Waals surface area (Å²) in [5.41, 5.74) is 1.65. The molecule has 3 rings (SSSR count). The number of aromatic nitrogens is 3. The van der Waals surface area contributed by atoms with Gasteiger partial charge in [-0.15, -0.1) is 10.2 Å². The average Bonchev–Trinajstić information content (AvgIpc) is 3.19. The molecule has 7 nitrogen and oxygen atoms in total. The van der Waals surface area contributed by atoms with E-state index in [9.17, 15) is 4.79 Å². The Morgan fingerprint density at radius 2 is 1.90 bits per heavy atom. The first-order valence-electron chi connectivity index (χ1n) is 9.37. The van der Waals surface area contributed by atoms with Gasteiger partial charge in [0.05, 0.1) is 18.4 Å². The molecular weight excluding hydrogens is 424 g/mol. The Bertz CT molecular complexity index is 979. The maximum Gasteiger partial charge on any atom is 0.230 e. The zero-order chi connectivity index (χ0) is 21.3. The number of amides is 1. The minimum Gasteiger partial charge on any atom is -0.496 e. The fourth-order valence-corrected chi connectivity index (χ4v) is 3.72. The minimum absolute atomic E-state index is 0.0689. The van der Waals surface area contributed by atoms with Gasteiger partial charge in [-0.3, -0.25) is 9.36 Å². The van der Waals surface area contributed by atoms with Crippen LogP contribution in [0, 0.1) is 0 Å². The maximum atomic E-state index is 12.2. The van der Waals surface area contributed by atoms with Crippen LogP contribution in [0.1, 0.15) is 6.42 Å². The number of carbonyl (C=O) groups is 1. The predicted molar refractivity (Wildman–Crippen MR) is 119 cm³/mol. The van der Waals surface area contributed by atoms with Crippen molar-refractivity contribution in [2.75, 3.05) is 33.1 Å². The molecule has 0 atom stereocenters. The SMILES string of the molecule is COCCCNC(=O)CSc1nnc(-c2ccccc2OC)n1-c1ccc(Cl)cc1. The normalized spacial score (nSPS) is 10.8. The summed E-state index contributed by atoms with van der Waals surface area (Å²) >= 11 is 7.38. The quantitative estimate of drug-likeness (QED) is 0.376. The van der Waals surface area contributed by atoms with E-state index in [4.69, 9.17) is 21.1 Å². The van der Waals surface area contributed by atoms with E-state index in [1.54, 1.807) is 26.4 Å². The second kappa shape index (κ2) is 11.0. The van der Waals surface area contributed by atoms with Gasteiger partial charge in [-0.05, 0) is 42.8 Å². The van der Waals surface area contributed by atoms with Crippen LogP contribution in [-0.4, -0.2) is 53.8 Å². The summed E-state index contributed by atoms with van der Waals surface area (Å²) < 4.78 is 12.4. The van der Waals surface area contributed by atoms with E-state index in [1.165, 1.54) is 11.8 Å². The number of ether oxygens (including phenoxy) is 2. The summed E-state index contributed by atoms with van der Waals surface area (Å²) in [6, 6.07) is 15.0. The molecule has 30 heavy (non-hydrogen) atoms. The van der Waals surface area contributed by atoms with Gasteiger partial charge in [0.25, 0.3) is 0 Å². The number of carbonyl (C=O) groups excluding carboxylic acids is 1. The fourth-order valence-electron chi connectivity index (χ4n) is 2.82.